The molecular formula is C40H52N10O9. The van der Waals surface area contributed by atoms with Crippen molar-refractivity contribution < 1.29 is 43.8 Å². The number of aliphatic carboxylic acids is 1. The van der Waals surface area contributed by atoms with Gasteiger partial charge in [-0.25, -0.2) is 4.79 Å². The van der Waals surface area contributed by atoms with Crippen LogP contribution in [-0.4, -0.2) is 114 Å². The first-order valence-electron chi connectivity index (χ1n) is 18.8. The van der Waals surface area contributed by atoms with Crippen LogP contribution in [0.25, 0.3) is 0 Å². The van der Waals surface area contributed by atoms with Crippen LogP contribution in [0.3, 0.4) is 0 Å². The highest BCUT2D eigenvalue weighted by molar-refractivity contribution is 5.96. The number of nitrogens with one attached hydrogen (secondary N) is 6. The van der Waals surface area contributed by atoms with Gasteiger partial charge in [0.1, 0.15) is 30.2 Å². The third kappa shape index (κ3) is 17.0. The van der Waals surface area contributed by atoms with Gasteiger partial charge in [0.05, 0.1) is 19.7 Å². The molecule has 0 heterocycles. The number of guanidine groups is 1. The molecular weight excluding hydrogens is 765 g/mol. The van der Waals surface area contributed by atoms with Gasteiger partial charge >= 0.3 is 5.97 Å². The first-order chi connectivity index (χ1) is 28.3. The van der Waals surface area contributed by atoms with E-state index in [-0.39, 0.29) is 51.2 Å². The van der Waals surface area contributed by atoms with Gasteiger partial charge in [-0.3, -0.25) is 33.8 Å². The van der Waals surface area contributed by atoms with Gasteiger partial charge in [-0.05, 0) is 29.5 Å². The lowest BCUT2D eigenvalue weighted by atomic mass is 10.0. The molecule has 5 atom stereocenters. The minimum absolute atomic E-state index is 0.0250. The number of rotatable bonds is 24. The Labute approximate surface area is 341 Å². The SMILES string of the molecule is NCC(=O)NCC(=O)N[C@@H](Cc1ccccc1)C(=O)N[C@@H](CO)C(=O)N[C@@H](Cc1ccccc1)C(=O)N[C@@H](CCCN=C(N)N)C(=O)N[C@@H](Cc1ccccc1)C(=O)O. The van der Waals surface area contributed by atoms with Crippen molar-refractivity contribution in [2.75, 3.05) is 26.2 Å². The quantitative estimate of drug-likeness (QED) is 0.0251. The number of hydrogen-bond donors (Lipinski definition) is 11. The van der Waals surface area contributed by atoms with Gasteiger partial charge in [-0.1, -0.05) is 91.0 Å². The van der Waals surface area contributed by atoms with Gasteiger partial charge in [0, 0.05) is 25.8 Å². The zero-order valence-corrected chi connectivity index (χ0v) is 32.3. The predicted molar refractivity (Wildman–Crippen MR) is 217 cm³/mol. The molecule has 3 rings (SSSR count). The second kappa shape index (κ2) is 24.7. The maximum atomic E-state index is 14.0. The highest BCUT2D eigenvalue weighted by Gasteiger charge is 2.32. The summed E-state index contributed by atoms with van der Waals surface area (Å²) in [6.07, 6.45) is -0.000258. The van der Waals surface area contributed by atoms with Crippen LogP contribution >= 0.6 is 0 Å². The third-order valence-corrected chi connectivity index (χ3v) is 8.77. The first-order valence-corrected chi connectivity index (χ1v) is 18.8. The zero-order valence-electron chi connectivity index (χ0n) is 32.3. The smallest absolute Gasteiger partial charge is 0.326 e. The number of carbonyl (C=O) groups is 7. The molecule has 19 nitrogen and oxygen atoms in total. The number of nitrogens with zero attached hydrogens (tertiary/aromatic N) is 1. The second-order valence-corrected chi connectivity index (χ2v) is 13.4. The number of carboxylic acid groups (broad SMARTS) is 1. The number of amides is 6. The second-order valence-electron chi connectivity index (χ2n) is 13.4. The lowest BCUT2D eigenvalue weighted by Crippen LogP contribution is -2.60. The fourth-order valence-corrected chi connectivity index (χ4v) is 5.72. The van der Waals surface area contributed by atoms with Crippen LogP contribution in [0.1, 0.15) is 29.5 Å². The summed E-state index contributed by atoms with van der Waals surface area (Å²) in [5.41, 5.74) is 18.1. The standard InChI is InChI=1S/C40H52N10O9/c41-22-33(52)45-23-34(53)46-29(19-25-11-4-1-5-12-25)36(55)50-32(24-51)38(57)48-30(20-26-13-6-2-7-14-26)37(56)47-28(17-10-18-44-40(42)43)35(54)49-31(39(58)59)21-27-15-8-3-9-16-27/h1-9,11-16,28-32,51H,10,17-24,41H2,(H,45,52)(H,46,53)(H,47,56)(H,48,57)(H,49,54)(H,50,55)(H,58,59)(H4,42,43,44)/t28-,29-,30-,31-,32-/m0/s1. The van der Waals surface area contributed by atoms with Crippen LogP contribution in [0.5, 0.6) is 0 Å². The van der Waals surface area contributed by atoms with Crippen molar-refractivity contribution in [2.24, 2.45) is 22.2 Å². The number of benzene rings is 3. The van der Waals surface area contributed by atoms with E-state index in [0.29, 0.717) is 16.7 Å². The molecule has 3 aromatic carbocycles. The van der Waals surface area contributed by atoms with E-state index >= 15 is 0 Å². The molecule has 14 N–H and O–H groups in total. The van der Waals surface area contributed by atoms with E-state index in [1.165, 1.54) is 0 Å². The van der Waals surface area contributed by atoms with Crippen LogP contribution in [-0.2, 0) is 52.8 Å². The summed E-state index contributed by atoms with van der Waals surface area (Å²) in [5, 5.41) is 35.1. The van der Waals surface area contributed by atoms with Gasteiger partial charge in [-0.2, -0.15) is 0 Å². The maximum absolute atomic E-state index is 14.0. The number of carboxylic acids is 1. The Morgan fingerprint density at radius 1 is 0.559 bits per heavy atom. The minimum atomic E-state index is -1.62. The molecule has 0 radical (unpaired) electrons. The number of nitrogens with two attached hydrogens (primary N) is 3. The van der Waals surface area contributed by atoms with E-state index in [9.17, 15) is 43.8 Å². The Morgan fingerprint density at radius 3 is 1.42 bits per heavy atom. The number of aliphatic imine (C=N–C) groups is 1. The van der Waals surface area contributed by atoms with Gasteiger partial charge in [0.15, 0.2) is 5.96 Å². The van der Waals surface area contributed by atoms with Crippen LogP contribution < -0.4 is 49.1 Å². The summed E-state index contributed by atoms with van der Waals surface area (Å²) in [6, 6.07) is 18.9. The molecule has 0 saturated heterocycles. The molecule has 0 fully saturated rings. The molecule has 59 heavy (non-hydrogen) atoms. The maximum Gasteiger partial charge on any atom is 0.326 e. The molecule has 0 aliphatic heterocycles. The summed E-state index contributed by atoms with van der Waals surface area (Å²) in [4.78, 5) is 95.3. The fraction of sp³-hybridized carbons (Fsp3) is 0.350. The molecule has 0 aliphatic rings. The van der Waals surface area contributed by atoms with Crippen molar-refractivity contribution in [1.29, 1.82) is 0 Å². The number of carbonyl (C=O) groups excluding carboxylic acids is 6. The lowest BCUT2D eigenvalue weighted by Gasteiger charge is -2.26. The molecule has 19 heteroatoms. The molecule has 3 aromatic rings. The third-order valence-electron chi connectivity index (χ3n) is 8.77. The van der Waals surface area contributed by atoms with Crippen molar-refractivity contribution in [2.45, 2.75) is 62.3 Å². The normalized spacial score (nSPS) is 13.2. The highest BCUT2D eigenvalue weighted by Crippen LogP contribution is 2.09. The van der Waals surface area contributed by atoms with Crippen molar-refractivity contribution in [1.82, 2.24) is 31.9 Å². The van der Waals surface area contributed by atoms with E-state index < -0.39 is 84.8 Å². The molecule has 0 unspecified atom stereocenters. The highest BCUT2D eigenvalue weighted by atomic mass is 16.4. The minimum Gasteiger partial charge on any atom is -0.480 e. The van der Waals surface area contributed by atoms with E-state index in [4.69, 9.17) is 17.2 Å². The summed E-state index contributed by atoms with van der Waals surface area (Å²) in [7, 11) is 0. The largest absolute Gasteiger partial charge is 0.480 e. The Balaban J connectivity index is 1.83. The molecule has 0 aliphatic carbocycles. The van der Waals surface area contributed by atoms with Crippen molar-refractivity contribution in [3.8, 4) is 0 Å². The number of aliphatic hydroxyl groups is 1. The average molecular weight is 817 g/mol. The Kier molecular flexibility index (Phi) is 19.5. The predicted octanol–water partition coefficient (Wildman–Crippen LogP) is -2.66. The summed E-state index contributed by atoms with van der Waals surface area (Å²) in [5.74, 6) is -6.29. The van der Waals surface area contributed by atoms with Gasteiger partial charge in [0.2, 0.25) is 35.4 Å². The van der Waals surface area contributed by atoms with E-state index in [0.717, 1.165) is 0 Å². The van der Waals surface area contributed by atoms with Crippen LogP contribution in [0, 0.1) is 0 Å². The average Bonchev–Trinajstić information content (AvgIpc) is 3.22. The van der Waals surface area contributed by atoms with E-state index in [2.05, 4.69) is 36.9 Å². The molecule has 0 aromatic heterocycles. The van der Waals surface area contributed by atoms with Crippen LogP contribution in [0.15, 0.2) is 96.0 Å². The van der Waals surface area contributed by atoms with Gasteiger partial charge < -0.3 is 59.3 Å². The van der Waals surface area contributed by atoms with E-state index in [1.807, 2.05) is 0 Å². The molecule has 316 valence electrons. The fourth-order valence-electron chi connectivity index (χ4n) is 5.72. The number of hydrogen-bond acceptors (Lipinski definition) is 10. The van der Waals surface area contributed by atoms with E-state index in [1.54, 1.807) is 91.0 Å². The Bertz CT molecular complexity index is 1880. The van der Waals surface area contributed by atoms with Crippen molar-refractivity contribution in [3.63, 3.8) is 0 Å². The zero-order chi connectivity index (χ0) is 43.2. The van der Waals surface area contributed by atoms with Gasteiger partial charge in [-0.15, -0.1) is 0 Å². The Hall–Kier alpha value is -6.86. The lowest BCUT2D eigenvalue weighted by molar-refractivity contribution is -0.142. The summed E-state index contributed by atoms with van der Waals surface area (Å²) in [6.45, 7) is -1.66. The molecule has 0 saturated carbocycles. The first kappa shape index (κ1) is 46.5. The van der Waals surface area contributed by atoms with Gasteiger partial charge in [0.25, 0.3) is 0 Å². The van der Waals surface area contributed by atoms with Crippen molar-refractivity contribution >= 4 is 47.4 Å². The van der Waals surface area contributed by atoms with Crippen molar-refractivity contribution in [3.05, 3.63) is 108 Å². The molecule has 0 spiro atoms. The molecule has 6 amide bonds. The summed E-state index contributed by atoms with van der Waals surface area (Å²) >= 11 is 0. The van der Waals surface area contributed by atoms with Crippen LogP contribution in [0.2, 0.25) is 0 Å². The molecule has 0 bridgehead atoms. The Morgan fingerprint density at radius 2 is 0.966 bits per heavy atom. The number of aliphatic hydroxyl groups excluding tert-OH is 1. The summed E-state index contributed by atoms with van der Waals surface area (Å²) < 4.78 is 0. The van der Waals surface area contributed by atoms with Crippen LogP contribution in [0.4, 0.5) is 0 Å². The topological polar surface area (TPSA) is 323 Å². The monoisotopic (exact) mass is 816 g/mol.